The summed E-state index contributed by atoms with van der Waals surface area (Å²) in [7, 11) is 2.00. The molecule has 1 saturated heterocycles. The van der Waals surface area contributed by atoms with Gasteiger partial charge in [0.05, 0.1) is 17.6 Å². The second kappa shape index (κ2) is 5.70. The summed E-state index contributed by atoms with van der Waals surface area (Å²) in [6, 6.07) is 0. The van der Waals surface area contributed by atoms with Crippen molar-refractivity contribution in [3.8, 4) is 0 Å². The van der Waals surface area contributed by atoms with Crippen LogP contribution >= 0.6 is 11.3 Å². The number of aryl methyl sites for hydroxylation is 1. The fraction of sp³-hybridized carbons (Fsp3) is 0.556. The highest BCUT2D eigenvalue weighted by Crippen LogP contribution is 2.42. The number of hydrogen-bond donors (Lipinski definition) is 0. The maximum absolute atomic E-state index is 4.91. The zero-order chi connectivity index (χ0) is 16.1. The van der Waals surface area contributed by atoms with E-state index in [0.29, 0.717) is 0 Å². The maximum Gasteiger partial charge on any atom is 0.194 e. The highest BCUT2D eigenvalue weighted by atomic mass is 32.1. The Hall–Kier alpha value is -1.66. The van der Waals surface area contributed by atoms with Crippen molar-refractivity contribution in [3.05, 3.63) is 40.9 Å². The van der Waals surface area contributed by atoms with Crippen LogP contribution in [0.3, 0.4) is 0 Å². The number of likely N-dealkylation sites (tertiary alicyclic amines) is 1. The van der Waals surface area contributed by atoms with Gasteiger partial charge in [-0.1, -0.05) is 0 Å². The van der Waals surface area contributed by atoms with Crippen molar-refractivity contribution < 1.29 is 0 Å². The van der Waals surface area contributed by atoms with Gasteiger partial charge in [0.2, 0.25) is 0 Å². The lowest BCUT2D eigenvalue weighted by molar-refractivity contribution is 0.310. The largest absolute Gasteiger partial charge is 0.297 e. The van der Waals surface area contributed by atoms with Crippen molar-refractivity contribution in [1.82, 2.24) is 24.1 Å². The highest BCUT2D eigenvalue weighted by molar-refractivity contribution is 7.15. The summed E-state index contributed by atoms with van der Waals surface area (Å²) in [5, 5.41) is 6.45. The van der Waals surface area contributed by atoms with Gasteiger partial charge in [0, 0.05) is 43.8 Å². The summed E-state index contributed by atoms with van der Waals surface area (Å²) in [5.41, 5.74) is 4.18. The monoisotopic (exact) mass is 341 g/mol. The van der Waals surface area contributed by atoms with E-state index < -0.39 is 0 Å². The van der Waals surface area contributed by atoms with Crippen molar-refractivity contribution >= 4 is 16.3 Å². The predicted molar refractivity (Wildman–Crippen MR) is 95.3 cm³/mol. The number of nitrogens with zero attached hydrogens (tertiary/aromatic N) is 5. The quantitative estimate of drug-likeness (QED) is 0.716. The van der Waals surface area contributed by atoms with Crippen molar-refractivity contribution in [2.45, 2.75) is 38.1 Å². The molecule has 126 valence electrons. The molecule has 3 aromatic heterocycles. The summed E-state index contributed by atoms with van der Waals surface area (Å²) in [6.07, 6.45) is 11.4. The van der Waals surface area contributed by atoms with E-state index in [1.165, 1.54) is 49.3 Å². The Labute approximate surface area is 145 Å². The molecule has 6 heteroatoms. The molecule has 0 unspecified atom stereocenters. The summed E-state index contributed by atoms with van der Waals surface area (Å²) in [4.78, 5) is 8.69. The van der Waals surface area contributed by atoms with E-state index in [-0.39, 0.29) is 0 Å². The smallest absolute Gasteiger partial charge is 0.194 e. The Bertz CT molecular complexity index is 856. The van der Waals surface area contributed by atoms with Gasteiger partial charge in [-0.2, -0.15) is 5.10 Å². The molecule has 0 amide bonds. The van der Waals surface area contributed by atoms with Crippen LogP contribution in [0.25, 0.3) is 4.96 Å². The minimum absolute atomic E-state index is 0.723. The minimum Gasteiger partial charge on any atom is -0.297 e. The first kappa shape index (κ1) is 14.7. The van der Waals surface area contributed by atoms with E-state index in [1.54, 1.807) is 11.3 Å². The molecule has 0 spiro atoms. The first-order valence-corrected chi connectivity index (χ1v) is 9.78. The van der Waals surface area contributed by atoms with Crippen LogP contribution in [-0.2, 0) is 20.0 Å². The third-order valence-electron chi connectivity index (χ3n) is 5.38. The van der Waals surface area contributed by atoms with Gasteiger partial charge >= 0.3 is 0 Å². The molecular weight excluding hydrogens is 318 g/mol. The Balaban J connectivity index is 1.30. The molecule has 4 heterocycles. The van der Waals surface area contributed by atoms with E-state index in [4.69, 9.17) is 4.98 Å². The molecule has 0 bridgehead atoms. The fourth-order valence-electron chi connectivity index (χ4n) is 4.04. The highest BCUT2D eigenvalue weighted by Gasteiger charge is 2.32. The standard InChI is InChI=1S/C18H23N5S/c1-21-10-14(9-19-21)8-13-4-5-22(11-13)12-16-17(15-2-3-15)20-18-23(16)6-7-24-18/h6-7,9-10,13,15H,2-5,8,11-12H2,1H3/t13-/m1/s1. The van der Waals surface area contributed by atoms with Gasteiger partial charge in [0.25, 0.3) is 0 Å². The van der Waals surface area contributed by atoms with Crippen LogP contribution in [0.15, 0.2) is 24.0 Å². The zero-order valence-electron chi connectivity index (χ0n) is 14.1. The van der Waals surface area contributed by atoms with Crippen LogP contribution in [0.4, 0.5) is 0 Å². The number of aromatic nitrogens is 4. The van der Waals surface area contributed by atoms with Crippen LogP contribution in [0.1, 0.15) is 42.1 Å². The number of rotatable bonds is 5. The average Bonchev–Trinajstić information content (AvgIpc) is 2.92. The number of imidazole rings is 1. The van der Waals surface area contributed by atoms with Gasteiger partial charge in [-0.3, -0.25) is 14.0 Å². The van der Waals surface area contributed by atoms with E-state index in [2.05, 4.69) is 32.2 Å². The summed E-state index contributed by atoms with van der Waals surface area (Å²) < 4.78 is 4.23. The number of fused-ring (bicyclic) bond motifs is 1. The molecule has 24 heavy (non-hydrogen) atoms. The lowest BCUT2D eigenvalue weighted by Gasteiger charge is -2.16. The van der Waals surface area contributed by atoms with Gasteiger partial charge < -0.3 is 0 Å². The van der Waals surface area contributed by atoms with Crippen molar-refractivity contribution in [2.75, 3.05) is 13.1 Å². The molecule has 0 radical (unpaired) electrons. The molecular formula is C18H23N5S. The van der Waals surface area contributed by atoms with Crippen molar-refractivity contribution in [3.63, 3.8) is 0 Å². The Morgan fingerprint density at radius 2 is 2.21 bits per heavy atom. The van der Waals surface area contributed by atoms with Gasteiger partial charge in [0.15, 0.2) is 4.96 Å². The summed E-state index contributed by atoms with van der Waals surface area (Å²) in [5.74, 6) is 1.48. The molecule has 3 aromatic rings. The fourth-order valence-corrected chi connectivity index (χ4v) is 4.78. The first-order valence-electron chi connectivity index (χ1n) is 8.90. The SMILES string of the molecule is Cn1cc(C[C@H]2CCN(Cc3c(C4CC4)nc4sccn34)C2)cn1. The van der Waals surface area contributed by atoms with Gasteiger partial charge in [-0.25, -0.2) is 4.98 Å². The lowest BCUT2D eigenvalue weighted by Crippen LogP contribution is -2.22. The molecule has 1 aliphatic heterocycles. The lowest BCUT2D eigenvalue weighted by atomic mass is 10.0. The van der Waals surface area contributed by atoms with Crippen molar-refractivity contribution in [2.24, 2.45) is 13.0 Å². The molecule has 5 nitrogen and oxygen atoms in total. The maximum atomic E-state index is 4.91. The number of thiazole rings is 1. The molecule has 1 atom stereocenters. The molecule has 5 rings (SSSR count). The third kappa shape index (κ3) is 2.67. The molecule has 2 aliphatic rings. The molecule has 0 N–H and O–H groups in total. The molecule has 2 fully saturated rings. The van der Waals surface area contributed by atoms with Gasteiger partial charge in [-0.05, 0) is 43.7 Å². The van der Waals surface area contributed by atoms with E-state index >= 15 is 0 Å². The Morgan fingerprint density at radius 1 is 1.29 bits per heavy atom. The average molecular weight is 341 g/mol. The second-order valence-electron chi connectivity index (χ2n) is 7.39. The zero-order valence-corrected chi connectivity index (χ0v) is 14.9. The van der Waals surface area contributed by atoms with Crippen molar-refractivity contribution in [1.29, 1.82) is 0 Å². The topological polar surface area (TPSA) is 38.4 Å². The first-order chi connectivity index (χ1) is 11.8. The van der Waals surface area contributed by atoms with E-state index in [0.717, 1.165) is 29.8 Å². The van der Waals surface area contributed by atoms with Crippen LogP contribution in [0.2, 0.25) is 0 Å². The second-order valence-corrected chi connectivity index (χ2v) is 8.26. The predicted octanol–water partition coefficient (Wildman–Crippen LogP) is 3.07. The minimum atomic E-state index is 0.723. The molecule has 0 aromatic carbocycles. The summed E-state index contributed by atoms with van der Waals surface area (Å²) >= 11 is 1.75. The number of hydrogen-bond acceptors (Lipinski definition) is 4. The Kier molecular flexibility index (Phi) is 3.49. The van der Waals surface area contributed by atoms with E-state index in [9.17, 15) is 0 Å². The van der Waals surface area contributed by atoms with Crippen LogP contribution < -0.4 is 0 Å². The normalized spacial score (nSPS) is 22.0. The van der Waals surface area contributed by atoms with Crippen LogP contribution in [0.5, 0.6) is 0 Å². The van der Waals surface area contributed by atoms with Crippen LogP contribution in [0, 0.1) is 5.92 Å². The third-order valence-corrected chi connectivity index (χ3v) is 6.14. The summed E-state index contributed by atoms with van der Waals surface area (Å²) in [6.45, 7) is 3.44. The molecule has 1 saturated carbocycles. The van der Waals surface area contributed by atoms with E-state index in [1.807, 2.05) is 17.9 Å². The van der Waals surface area contributed by atoms with Crippen LogP contribution in [-0.4, -0.2) is 37.2 Å². The Morgan fingerprint density at radius 3 is 3.00 bits per heavy atom. The van der Waals surface area contributed by atoms with Gasteiger partial charge in [-0.15, -0.1) is 11.3 Å². The van der Waals surface area contributed by atoms with Gasteiger partial charge in [0.1, 0.15) is 0 Å². The molecule has 1 aliphatic carbocycles.